The second kappa shape index (κ2) is 9.12. The van der Waals surface area contributed by atoms with Gasteiger partial charge in [-0.2, -0.15) is 0 Å². The first-order valence-electron chi connectivity index (χ1n) is 10.8. The number of aryl methyl sites for hydroxylation is 1. The van der Waals surface area contributed by atoms with Gasteiger partial charge in [0, 0.05) is 44.2 Å². The first-order valence-corrected chi connectivity index (χ1v) is 11.6. The molecule has 1 aliphatic heterocycles. The predicted molar refractivity (Wildman–Crippen MR) is 134 cm³/mol. The Morgan fingerprint density at radius 1 is 1.09 bits per heavy atom. The smallest absolute Gasteiger partial charge is 0.259 e. The summed E-state index contributed by atoms with van der Waals surface area (Å²) in [6.45, 7) is 1.94. The molecule has 4 aromatic rings. The maximum Gasteiger partial charge on any atom is 0.259 e. The fourth-order valence-corrected chi connectivity index (χ4v) is 4.56. The van der Waals surface area contributed by atoms with Gasteiger partial charge < -0.3 is 20.1 Å². The van der Waals surface area contributed by atoms with Crippen LogP contribution in [0.4, 0.5) is 27.5 Å². The van der Waals surface area contributed by atoms with E-state index in [9.17, 15) is 9.18 Å². The van der Waals surface area contributed by atoms with Crippen LogP contribution in [-0.2, 0) is 7.05 Å². The summed E-state index contributed by atoms with van der Waals surface area (Å²) in [6.07, 6.45) is 3.91. The number of carbonyl (C=O) groups is 1. The average molecular weight is 499 g/mol. The van der Waals surface area contributed by atoms with E-state index in [2.05, 4.69) is 25.5 Å². The molecular formula is C24H21Cl2FN6O. The van der Waals surface area contributed by atoms with Crippen LogP contribution >= 0.6 is 23.2 Å². The van der Waals surface area contributed by atoms with Crippen molar-refractivity contribution in [1.29, 1.82) is 0 Å². The molecule has 7 nitrogen and oxygen atoms in total. The molecule has 0 aliphatic carbocycles. The Labute approximate surface area is 205 Å². The predicted octanol–water partition coefficient (Wildman–Crippen LogP) is 6.01. The lowest BCUT2D eigenvalue weighted by molar-refractivity contribution is 0.102. The van der Waals surface area contributed by atoms with Gasteiger partial charge in [0.2, 0.25) is 5.95 Å². The van der Waals surface area contributed by atoms with Gasteiger partial charge in [0.25, 0.3) is 5.91 Å². The maximum atomic E-state index is 14.9. The van der Waals surface area contributed by atoms with Gasteiger partial charge in [0.15, 0.2) is 0 Å². The molecule has 2 aromatic heterocycles. The summed E-state index contributed by atoms with van der Waals surface area (Å²) in [5.74, 6) is -0.488. The van der Waals surface area contributed by atoms with E-state index in [1.807, 2.05) is 6.07 Å². The molecule has 1 aliphatic rings. The SMILES string of the molecule is Cn1c(Nc2c(Cl)cccc2Cl)nc2cc(C(=O)Nc3cc(N4CCCC4)ccn3)c(F)cc21. The molecular weight excluding hydrogens is 478 g/mol. The topological polar surface area (TPSA) is 75.1 Å². The lowest BCUT2D eigenvalue weighted by atomic mass is 10.1. The molecule has 34 heavy (non-hydrogen) atoms. The van der Waals surface area contributed by atoms with Crippen molar-refractivity contribution in [2.24, 2.45) is 7.05 Å². The lowest BCUT2D eigenvalue weighted by Gasteiger charge is -2.18. The number of halogens is 3. The van der Waals surface area contributed by atoms with E-state index in [0.29, 0.717) is 38.5 Å². The number of rotatable bonds is 5. The zero-order valence-corrected chi connectivity index (χ0v) is 19.8. The molecule has 1 saturated heterocycles. The van der Waals surface area contributed by atoms with Gasteiger partial charge >= 0.3 is 0 Å². The number of pyridine rings is 1. The standard InChI is InChI=1S/C24H21Cl2FN6O/c1-32-20-13-18(27)15(12-19(20)29-24(32)31-22-16(25)5-4-6-17(22)26)23(34)30-21-11-14(7-8-28-21)33-9-2-3-10-33/h4-8,11-13H,2-3,9-10H2,1H3,(H,29,31)(H,28,30,34). The van der Waals surface area contributed by atoms with Crippen LogP contribution in [0.15, 0.2) is 48.7 Å². The van der Waals surface area contributed by atoms with Crippen molar-refractivity contribution in [1.82, 2.24) is 14.5 Å². The summed E-state index contributed by atoms with van der Waals surface area (Å²) in [5, 5.41) is 6.64. The van der Waals surface area contributed by atoms with Crippen LogP contribution in [0.5, 0.6) is 0 Å². The minimum Gasteiger partial charge on any atom is -0.371 e. The molecule has 3 heterocycles. The van der Waals surface area contributed by atoms with E-state index in [-0.39, 0.29) is 5.56 Å². The van der Waals surface area contributed by atoms with E-state index in [4.69, 9.17) is 23.2 Å². The van der Waals surface area contributed by atoms with Crippen LogP contribution < -0.4 is 15.5 Å². The van der Waals surface area contributed by atoms with Crippen LogP contribution in [-0.4, -0.2) is 33.5 Å². The van der Waals surface area contributed by atoms with Gasteiger partial charge in [-0.3, -0.25) is 4.79 Å². The molecule has 0 bridgehead atoms. The number of carbonyl (C=O) groups excluding carboxylic acids is 1. The number of para-hydroxylation sites is 1. The molecule has 0 atom stereocenters. The summed E-state index contributed by atoms with van der Waals surface area (Å²) >= 11 is 12.5. The van der Waals surface area contributed by atoms with Crippen molar-refractivity contribution in [3.63, 3.8) is 0 Å². The Bertz CT molecular complexity index is 1380. The number of hydrogen-bond donors (Lipinski definition) is 2. The van der Waals surface area contributed by atoms with Crippen LogP contribution in [0.2, 0.25) is 10.0 Å². The van der Waals surface area contributed by atoms with Crippen LogP contribution in [0.25, 0.3) is 11.0 Å². The lowest BCUT2D eigenvalue weighted by Crippen LogP contribution is -2.19. The summed E-state index contributed by atoms with van der Waals surface area (Å²) in [6, 6.07) is 11.5. The summed E-state index contributed by atoms with van der Waals surface area (Å²) in [4.78, 5) is 23.9. The molecule has 0 unspecified atom stereocenters. The van der Waals surface area contributed by atoms with Crippen LogP contribution in [0.3, 0.4) is 0 Å². The fraction of sp³-hybridized carbons (Fsp3) is 0.208. The number of nitrogens with one attached hydrogen (secondary N) is 2. The molecule has 1 fully saturated rings. The number of hydrogen-bond acceptors (Lipinski definition) is 5. The van der Waals surface area contributed by atoms with Crippen molar-refractivity contribution in [2.45, 2.75) is 12.8 Å². The highest BCUT2D eigenvalue weighted by Crippen LogP contribution is 2.33. The molecule has 1 amide bonds. The monoisotopic (exact) mass is 498 g/mol. The van der Waals surface area contributed by atoms with E-state index in [1.54, 1.807) is 42.1 Å². The fourth-order valence-electron chi connectivity index (χ4n) is 4.07. The zero-order chi connectivity index (χ0) is 23.8. The van der Waals surface area contributed by atoms with Crippen molar-refractivity contribution in [3.8, 4) is 0 Å². The normalized spacial score (nSPS) is 13.5. The number of fused-ring (bicyclic) bond motifs is 1. The first kappa shape index (κ1) is 22.4. The van der Waals surface area contributed by atoms with E-state index in [1.165, 1.54) is 12.1 Å². The largest absolute Gasteiger partial charge is 0.371 e. The van der Waals surface area contributed by atoms with Gasteiger partial charge in [0.1, 0.15) is 11.6 Å². The van der Waals surface area contributed by atoms with Crippen LogP contribution in [0.1, 0.15) is 23.2 Å². The Balaban J connectivity index is 1.42. The summed E-state index contributed by atoms with van der Waals surface area (Å²) in [5.41, 5.74) is 2.30. The van der Waals surface area contributed by atoms with Gasteiger partial charge in [0.05, 0.1) is 32.3 Å². The molecule has 5 rings (SSSR count). The second-order valence-electron chi connectivity index (χ2n) is 8.08. The Morgan fingerprint density at radius 3 is 2.56 bits per heavy atom. The molecule has 2 aromatic carbocycles. The molecule has 0 saturated carbocycles. The summed E-state index contributed by atoms with van der Waals surface area (Å²) in [7, 11) is 1.73. The number of aromatic nitrogens is 3. The molecule has 0 spiro atoms. The minimum atomic E-state index is -0.661. The van der Waals surface area contributed by atoms with Crippen molar-refractivity contribution >= 4 is 63.3 Å². The quantitative estimate of drug-likeness (QED) is 0.352. The highest BCUT2D eigenvalue weighted by Gasteiger charge is 2.19. The van der Waals surface area contributed by atoms with E-state index in [0.717, 1.165) is 31.6 Å². The van der Waals surface area contributed by atoms with E-state index < -0.39 is 11.7 Å². The third kappa shape index (κ3) is 4.26. The second-order valence-corrected chi connectivity index (χ2v) is 8.90. The highest BCUT2D eigenvalue weighted by atomic mass is 35.5. The highest BCUT2D eigenvalue weighted by molar-refractivity contribution is 6.39. The average Bonchev–Trinajstić information content (AvgIpc) is 3.45. The number of anilines is 4. The Morgan fingerprint density at radius 2 is 1.82 bits per heavy atom. The summed E-state index contributed by atoms with van der Waals surface area (Å²) < 4.78 is 16.6. The molecule has 174 valence electrons. The van der Waals surface area contributed by atoms with E-state index >= 15 is 0 Å². The molecule has 0 radical (unpaired) electrons. The van der Waals surface area contributed by atoms with Crippen molar-refractivity contribution in [3.05, 3.63) is 70.1 Å². The Hall–Kier alpha value is -3.36. The number of amides is 1. The minimum absolute atomic E-state index is 0.124. The molecule has 2 N–H and O–H groups in total. The van der Waals surface area contributed by atoms with Gasteiger partial charge in [-0.1, -0.05) is 29.3 Å². The zero-order valence-electron chi connectivity index (χ0n) is 18.3. The van der Waals surface area contributed by atoms with Crippen molar-refractivity contribution < 1.29 is 9.18 Å². The Kier molecular flexibility index (Phi) is 6.02. The number of imidazole rings is 1. The third-order valence-corrected chi connectivity index (χ3v) is 6.50. The van der Waals surface area contributed by atoms with Crippen molar-refractivity contribution in [2.75, 3.05) is 28.6 Å². The molecule has 10 heteroatoms. The van der Waals surface area contributed by atoms with Crippen LogP contribution in [0, 0.1) is 5.82 Å². The number of benzene rings is 2. The van der Waals surface area contributed by atoms with Gasteiger partial charge in [-0.25, -0.2) is 14.4 Å². The van der Waals surface area contributed by atoms with Gasteiger partial charge in [-0.15, -0.1) is 0 Å². The van der Waals surface area contributed by atoms with Gasteiger partial charge in [-0.05, 0) is 37.1 Å². The third-order valence-electron chi connectivity index (χ3n) is 5.87. The maximum absolute atomic E-state index is 14.9. The first-order chi connectivity index (χ1) is 16.4. The number of nitrogens with zero attached hydrogens (tertiary/aromatic N) is 4.